The molecule has 1 aromatic rings. The number of nitrogens with two attached hydrogens (primary N) is 1. The highest BCUT2D eigenvalue weighted by Crippen LogP contribution is 2.31. The molecule has 0 saturated heterocycles. The van der Waals surface area contributed by atoms with Crippen LogP contribution < -0.4 is 10.5 Å². The van der Waals surface area contributed by atoms with E-state index in [2.05, 4.69) is 20.7 Å². The predicted molar refractivity (Wildman–Crippen MR) is 70.0 cm³/mol. The van der Waals surface area contributed by atoms with Crippen LogP contribution in [0.3, 0.4) is 0 Å². The Bertz CT molecular complexity index is 546. The van der Waals surface area contributed by atoms with Gasteiger partial charge in [-0.05, 0) is 37.0 Å². The Labute approximate surface area is 114 Å². The van der Waals surface area contributed by atoms with E-state index in [-0.39, 0.29) is 17.5 Å². The van der Waals surface area contributed by atoms with E-state index in [0.717, 1.165) is 18.9 Å². The van der Waals surface area contributed by atoms with Gasteiger partial charge in [0.05, 0.1) is 0 Å². The Morgan fingerprint density at radius 1 is 1.50 bits per heavy atom. The highest BCUT2D eigenvalue weighted by Gasteiger charge is 2.29. The Balaban J connectivity index is 2.11. The van der Waals surface area contributed by atoms with Crippen LogP contribution in [-0.4, -0.2) is 21.0 Å². The maximum absolute atomic E-state index is 13.5. The predicted octanol–water partition coefficient (Wildman–Crippen LogP) is 1.60. The molecule has 0 amide bonds. The number of hydrogen-bond acceptors (Lipinski definition) is 3. The number of halogens is 2. The van der Waals surface area contributed by atoms with Gasteiger partial charge >= 0.3 is 0 Å². The summed E-state index contributed by atoms with van der Waals surface area (Å²) in [7, 11) is -3.85. The number of hydrogen-bond donors (Lipinski definition) is 2. The summed E-state index contributed by atoms with van der Waals surface area (Å²) in [6, 6.07) is 3.60. The minimum absolute atomic E-state index is 0.138. The lowest BCUT2D eigenvalue weighted by atomic mass is 10.2. The first-order valence-corrected chi connectivity index (χ1v) is 7.88. The summed E-state index contributed by atoms with van der Waals surface area (Å²) in [6.45, 7) is 0.138. The van der Waals surface area contributed by atoms with E-state index < -0.39 is 15.8 Å². The molecule has 1 fully saturated rings. The molecule has 1 aliphatic carbocycles. The minimum atomic E-state index is -3.85. The molecule has 0 radical (unpaired) electrons. The normalized spacial score (nSPS) is 17.7. The molecular formula is C11H14BrFN2O2S. The van der Waals surface area contributed by atoms with Gasteiger partial charge in [-0.3, -0.25) is 0 Å². The minimum Gasteiger partial charge on any atom is -0.326 e. The zero-order valence-corrected chi connectivity index (χ0v) is 12.0. The molecule has 1 aliphatic rings. The Morgan fingerprint density at radius 2 is 2.17 bits per heavy atom. The van der Waals surface area contributed by atoms with E-state index in [9.17, 15) is 12.8 Å². The third-order valence-electron chi connectivity index (χ3n) is 2.92. The monoisotopic (exact) mass is 336 g/mol. The molecule has 1 saturated carbocycles. The summed E-state index contributed by atoms with van der Waals surface area (Å²) >= 11 is 3.12. The van der Waals surface area contributed by atoms with Crippen molar-refractivity contribution in [1.82, 2.24) is 4.72 Å². The van der Waals surface area contributed by atoms with Crippen LogP contribution >= 0.6 is 15.9 Å². The Hall–Kier alpha value is -0.500. The molecule has 0 aliphatic heterocycles. The lowest BCUT2D eigenvalue weighted by Crippen LogP contribution is -2.38. The number of nitrogens with one attached hydrogen (secondary N) is 1. The van der Waals surface area contributed by atoms with Crippen LogP contribution in [0, 0.1) is 11.7 Å². The summed E-state index contributed by atoms with van der Waals surface area (Å²) in [5.41, 5.74) is 5.80. The lowest BCUT2D eigenvalue weighted by Gasteiger charge is -2.12. The smallest absolute Gasteiger partial charge is 0.243 e. The van der Waals surface area contributed by atoms with Gasteiger partial charge in [-0.15, -0.1) is 0 Å². The highest BCUT2D eigenvalue weighted by atomic mass is 79.9. The van der Waals surface area contributed by atoms with Crippen LogP contribution in [0.25, 0.3) is 0 Å². The third kappa shape index (κ3) is 3.28. The van der Waals surface area contributed by atoms with E-state index in [1.807, 2.05) is 0 Å². The van der Waals surface area contributed by atoms with E-state index in [1.54, 1.807) is 0 Å². The molecule has 3 N–H and O–H groups in total. The fourth-order valence-electron chi connectivity index (χ4n) is 1.66. The average molecular weight is 337 g/mol. The van der Waals surface area contributed by atoms with Gasteiger partial charge in [-0.1, -0.05) is 15.9 Å². The number of benzene rings is 1. The average Bonchev–Trinajstić information content (AvgIpc) is 3.13. The lowest BCUT2D eigenvalue weighted by molar-refractivity contribution is 0.536. The molecule has 2 rings (SSSR count). The molecule has 0 bridgehead atoms. The van der Waals surface area contributed by atoms with E-state index in [0.29, 0.717) is 10.4 Å². The third-order valence-corrected chi connectivity index (χ3v) is 4.85. The molecule has 1 atom stereocenters. The van der Waals surface area contributed by atoms with Gasteiger partial charge in [0, 0.05) is 17.1 Å². The zero-order chi connectivity index (χ0) is 13.3. The van der Waals surface area contributed by atoms with Crippen molar-refractivity contribution >= 4 is 26.0 Å². The second-order valence-corrected chi connectivity index (χ2v) is 7.08. The zero-order valence-electron chi connectivity index (χ0n) is 9.57. The summed E-state index contributed by atoms with van der Waals surface area (Å²) in [4.78, 5) is -0.361. The van der Waals surface area contributed by atoms with Crippen molar-refractivity contribution in [2.45, 2.75) is 23.8 Å². The van der Waals surface area contributed by atoms with Crippen molar-refractivity contribution in [3.8, 4) is 0 Å². The Morgan fingerprint density at radius 3 is 2.78 bits per heavy atom. The maximum atomic E-state index is 13.5. The van der Waals surface area contributed by atoms with Gasteiger partial charge in [-0.2, -0.15) is 0 Å². The number of sulfonamides is 1. The first-order chi connectivity index (χ1) is 8.40. The van der Waals surface area contributed by atoms with Crippen LogP contribution in [0.1, 0.15) is 12.8 Å². The van der Waals surface area contributed by atoms with E-state index >= 15 is 0 Å². The van der Waals surface area contributed by atoms with Gasteiger partial charge < -0.3 is 5.73 Å². The second kappa shape index (κ2) is 5.24. The largest absolute Gasteiger partial charge is 0.326 e. The molecule has 4 nitrogen and oxygen atoms in total. The molecule has 1 unspecified atom stereocenters. The SMILES string of the molecule is NC(CNS(=O)(=O)c1cc(Br)ccc1F)C1CC1. The van der Waals surface area contributed by atoms with E-state index in [4.69, 9.17) is 5.73 Å². The van der Waals surface area contributed by atoms with Crippen molar-refractivity contribution in [3.63, 3.8) is 0 Å². The van der Waals surface area contributed by atoms with Crippen molar-refractivity contribution in [2.75, 3.05) is 6.54 Å². The standard InChI is InChI=1S/C11H14BrFN2O2S/c12-8-3-4-9(13)11(5-8)18(16,17)15-6-10(14)7-1-2-7/h3-5,7,10,15H,1-2,6,14H2. The molecule has 0 aromatic heterocycles. The highest BCUT2D eigenvalue weighted by molar-refractivity contribution is 9.10. The molecular weight excluding hydrogens is 323 g/mol. The first-order valence-electron chi connectivity index (χ1n) is 5.60. The van der Waals surface area contributed by atoms with Crippen molar-refractivity contribution in [1.29, 1.82) is 0 Å². The van der Waals surface area contributed by atoms with Crippen molar-refractivity contribution in [3.05, 3.63) is 28.5 Å². The topological polar surface area (TPSA) is 72.2 Å². The van der Waals surface area contributed by atoms with Crippen molar-refractivity contribution in [2.24, 2.45) is 11.7 Å². The molecule has 18 heavy (non-hydrogen) atoms. The summed E-state index contributed by atoms with van der Waals surface area (Å²) < 4.78 is 40.2. The van der Waals surface area contributed by atoms with Crippen LogP contribution in [-0.2, 0) is 10.0 Å². The summed E-state index contributed by atoms with van der Waals surface area (Å²) in [5.74, 6) is -0.384. The first kappa shape index (κ1) is 13.9. The van der Waals surface area contributed by atoms with Crippen LogP contribution in [0.15, 0.2) is 27.6 Å². The maximum Gasteiger partial charge on any atom is 0.243 e. The molecule has 100 valence electrons. The molecule has 7 heteroatoms. The van der Waals surface area contributed by atoms with Gasteiger partial charge in [0.2, 0.25) is 10.0 Å². The van der Waals surface area contributed by atoms with Gasteiger partial charge in [0.1, 0.15) is 10.7 Å². The molecule has 0 heterocycles. The van der Waals surface area contributed by atoms with Crippen LogP contribution in [0.5, 0.6) is 0 Å². The second-order valence-electron chi connectivity index (χ2n) is 4.43. The van der Waals surface area contributed by atoms with Gasteiger partial charge in [-0.25, -0.2) is 17.5 Å². The van der Waals surface area contributed by atoms with Gasteiger partial charge in [0.25, 0.3) is 0 Å². The van der Waals surface area contributed by atoms with Gasteiger partial charge in [0.15, 0.2) is 0 Å². The van der Waals surface area contributed by atoms with E-state index in [1.165, 1.54) is 12.1 Å². The van der Waals surface area contributed by atoms with Crippen LogP contribution in [0.4, 0.5) is 4.39 Å². The fraction of sp³-hybridized carbons (Fsp3) is 0.455. The number of rotatable bonds is 5. The van der Waals surface area contributed by atoms with Crippen molar-refractivity contribution < 1.29 is 12.8 Å². The fourth-order valence-corrected chi connectivity index (χ4v) is 3.34. The summed E-state index contributed by atoms with van der Waals surface area (Å²) in [6.07, 6.45) is 2.07. The Kier molecular flexibility index (Phi) is 4.05. The quantitative estimate of drug-likeness (QED) is 0.857. The molecule has 0 spiro atoms. The summed E-state index contributed by atoms with van der Waals surface area (Å²) in [5, 5.41) is 0. The van der Waals surface area contributed by atoms with Crippen LogP contribution in [0.2, 0.25) is 0 Å². The molecule has 1 aromatic carbocycles.